The van der Waals surface area contributed by atoms with Gasteiger partial charge < -0.3 is 10.2 Å². The Balaban J connectivity index is 1.46. The molecule has 2 heterocycles. The third-order valence-electron chi connectivity index (χ3n) is 8.38. The van der Waals surface area contributed by atoms with Gasteiger partial charge >= 0.3 is 6.03 Å². The molecule has 8 nitrogen and oxygen atoms in total. The van der Waals surface area contributed by atoms with Gasteiger partial charge in [-0.1, -0.05) is 36.8 Å². The molecule has 0 radical (unpaired) electrons. The Morgan fingerprint density at radius 1 is 1.03 bits per heavy atom. The van der Waals surface area contributed by atoms with E-state index in [1.165, 1.54) is 5.56 Å². The van der Waals surface area contributed by atoms with Crippen LogP contribution >= 0.6 is 0 Å². The van der Waals surface area contributed by atoms with E-state index in [-0.39, 0.29) is 22.9 Å². The first-order valence-corrected chi connectivity index (χ1v) is 12.0. The summed E-state index contributed by atoms with van der Waals surface area (Å²) in [5.41, 5.74) is 0.943. The number of rotatable bonds is 5. The van der Waals surface area contributed by atoms with Gasteiger partial charge in [-0.2, -0.15) is 10.5 Å². The lowest BCUT2D eigenvalue weighted by Crippen LogP contribution is -2.57. The van der Waals surface area contributed by atoms with Crippen molar-refractivity contribution in [1.82, 2.24) is 20.2 Å². The van der Waals surface area contributed by atoms with Crippen molar-refractivity contribution in [3.63, 3.8) is 0 Å². The zero-order chi connectivity index (χ0) is 23.8. The fraction of sp³-hybridized carbons (Fsp3) is 0.500. The summed E-state index contributed by atoms with van der Waals surface area (Å²) in [5.74, 6) is 0.0826. The normalized spacial score (nSPS) is 27.8. The molecule has 1 N–H and O–H groups in total. The van der Waals surface area contributed by atoms with Crippen LogP contribution in [-0.4, -0.2) is 46.6 Å². The van der Waals surface area contributed by atoms with Crippen LogP contribution < -0.4 is 10.2 Å². The Kier molecular flexibility index (Phi) is 5.50. The van der Waals surface area contributed by atoms with Gasteiger partial charge in [-0.05, 0) is 51.1 Å². The lowest BCUT2D eigenvalue weighted by atomic mass is 9.66. The highest BCUT2D eigenvalue weighted by Gasteiger charge is 2.56. The van der Waals surface area contributed by atoms with E-state index in [2.05, 4.69) is 45.6 Å². The fourth-order valence-electron chi connectivity index (χ4n) is 5.97. The van der Waals surface area contributed by atoms with Crippen LogP contribution in [0.3, 0.4) is 0 Å². The van der Waals surface area contributed by atoms with Crippen molar-refractivity contribution in [2.45, 2.75) is 56.0 Å². The second-order valence-corrected chi connectivity index (χ2v) is 10.00. The average molecular weight is 456 g/mol. The summed E-state index contributed by atoms with van der Waals surface area (Å²) in [6.45, 7) is 1.01. The van der Waals surface area contributed by atoms with Crippen LogP contribution in [0.1, 0.15) is 56.3 Å². The van der Waals surface area contributed by atoms with Gasteiger partial charge in [0.15, 0.2) is 0 Å². The first-order chi connectivity index (χ1) is 16.5. The standard InChI is InChI=1S/C26H29N7O/c1-29-26(20-6-3-2-4-7-20)12-10-25(11-13-26)19-32(21-15-30-22(14-27)31-16-21)23(34)33(25)18-24(17-28)8-5-9-24/h2-4,6-7,15-16,29H,5,8-13,18-19H2,1H3. The lowest BCUT2D eigenvalue weighted by molar-refractivity contribution is 0.0411. The molecule has 2 aromatic rings. The van der Waals surface area contributed by atoms with E-state index in [4.69, 9.17) is 5.26 Å². The molecule has 3 aliphatic rings. The lowest BCUT2D eigenvalue weighted by Gasteiger charge is -2.50. The van der Waals surface area contributed by atoms with Crippen molar-refractivity contribution in [2.75, 3.05) is 25.0 Å². The molecule has 1 saturated heterocycles. The molecule has 174 valence electrons. The molecule has 0 bridgehead atoms. The molecular formula is C26H29N7O. The number of benzene rings is 1. The first kappa shape index (κ1) is 22.3. The van der Waals surface area contributed by atoms with Gasteiger partial charge in [0.25, 0.3) is 0 Å². The average Bonchev–Trinajstić information content (AvgIpc) is 3.13. The quantitative estimate of drug-likeness (QED) is 0.736. The predicted octanol–water partition coefficient (Wildman–Crippen LogP) is 3.71. The van der Waals surface area contributed by atoms with Gasteiger partial charge in [-0.25, -0.2) is 14.8 Å². The summed E-state index contributed by atoms with van der Waals surface area (Å²) in [6.07, 6.45) is 9.29. The number of aromatic nitrogens is 2. The molecule has 8 heteroatoms. The zero-order valence-corrected chi connectivity index (χ0v) is 19.5. The first-order valence-electron chi connectivity index (χ1n) is 12.0. The van der Waals surface area contributed by atoms with Crippen molar-refractivity contribution in [3.8, 4) is 12.1 Å². The van der Waals surface area contributed by atoms with Crippen LogP contribution in [0.25, 0.3) is 0 Å². The van der Waals surface area contributed by atoms with E-state index in [0.717, 1.165) is 44.9 Å². The Morgan fingerprint density at radius 2 is 1.71 bits per heavy atom. The summed E-state index contributed by atoms with van der Waals surface area (Å²) in [7, 11) is 2.02. The number of urea groups is 1. The molecule has 0 atom stereocenters. The van der Waals surface area contributed by atoms with E-state index < -0.39 is 5.41 Å². The van der Waals surface area contributed by atoms with Crippen LogP contribution in [0.5, 0.6) is 0 Å². The number of anilines is 1. The van der Waals surface area contributed by atoms with Crippen molar-refractivity contribution in [1.29, 1.82) is 10.5 Å². The molecule has 0 unspecified atom stereocenters. The molecule has 3 fully saturated rings. The van der Waals surface area contributed by atoms with Crippen LogP contribution in [0.15, 0.2) is 42.7 Å². The molecule has 1 aliphatic heterocycles. The maximum absolute atomic E-state index is 13.8. The highest BCUT2D eigenvalue weighted by Crippen LogP contribution is 2.50. The number of amides is 2. The largest absolute Gasteiger partial charge is 0.325 e. The van der Waals surface area contributed by atoms with E-state index in [0.29, 0.717) is 18.8 Å². The topological polar surface area (TPSA) is 109 Å². The molecular weight excluding hydrogens is 426 g/mol. The summed E-state index contributed by atoms with van der Waals surface area (Å²) in [4.78, 5) is 25.7. The number of nitriles is 2. The molecule has 1 aromatic heterocycles. The third-order valence-corrected chi connectivity index (χ3v) is 8.38. The maximum atomic E-state index is 13.8. The number of nitrogens with one attached hydrogen (secondary N) is 1. The van der Waals surface area contributed by atoms with E-state index in [9.17, 15) is 10.1 Å². The van der Waals surface area contributed by atoms with Gasteiger partial charge in [0.1, 0.15) is 6.07 Å². The second-order valence-electron chi connectivity index (χ2n) is 10.00. The zero-order valence-electron chi connectivity index (χ0n) is 19.5. The summed E-state index contributed by atoms with van der Waals surface area (Å²) >= 11 is 0. The van der Waals surface area contributed by atoms with Crippen LogP contribution in [0.4, 0.5) is 10.5 Å². The Labute approximate surface area is 200 Å². The van der Waals surface area contributed by atoms with Gasteiger partial charge in [-0.3, -0.25) is 4.90 Å². The molecule has 5 rings (SSSR count). The third kappa shape index (κ3) is 3.50. The van der Waals surface area contributed by atoms with E-state index in [1.807, 2.05) is 24.1 Å². The summed E-state index contributed by atoms with van der Waals surface area (Å²) in [5, 5.41) is 22.5. The molecule has 2 saturated carbocycles. The number of nitrogens with zero attached hydrogens (tertiary/aromatic N) is 6. The number of carbonyl (C=O) groups is 1. The smallest absolute Gasteiger partial charge is 0.315 e. The SMILES string of the molecule is CNC1(c2ccccc2)CCC2(CC1)CN(c1cnc(C#N)nc1)C(=O)N2CC1(C#N)CCC1. The minimum Gasteiger partial charge on any atom is -0.315 e. The summed E-state index contributed by atoms with van der Waals surface area (Å²) < 4.78 is 0. The molecule has 1 spiro atoms. The minimum absolute atomic E-state index is 0.0826. The fourth-order valence-corrected chi connectivity index (χ4v) is 5.97. The Bertz CT molecular complexity index is 1140. The molecule has 1 aromatic carbocycles. The predicted molar refractivity (Wildman–Crippen MR) is 126 cm³/mol. The van der Waals surface area contributed by atoms with Gasteiger partial charge in [0.05, 0.1) is 41.6 Å². The highest BCUT2D eigenvalue weighted by molar-refractivity contribution is 5.95. The second kappa shape index (κ2) is 8.38. The maximum Gasteiger partial charge on any atom is 0.325 e. The van der Waals surface area contributed by atoms with Crippen molar-refractivity contribution >= 4 is 11.7 Å². The number of hydrogen-bond acceptors (Lipinski definition) is 6. The summed E-state index contributed by atoms with van der Waals surface area (Å²) in [6, 6.07) is 14.9. The number of carbonyl (C=O) groups excluding carboxylic acids is 1. The monoisotopic (exact) mass is 455 g/mol. The van der Waals surface area contributed by atoms with Crippen LogP contribution in [-0.2, 0) is 5.54 Å². The number of hydrogen-bond donors (Lipinski definition) is 1. The van der Waals surface area contributed by atoms with Crippen LogP contribution in [0.2, 0.25) is 0 Å². The highest BCUT2D eigenvalue weighted by atomic mass is 16.2. The van der Waals surface area contributed by atoms with E-state index in [1.54, 1.807) is 17.3 Å². The minimum atomic E-state index is -0.448. The van der Waals surface area contributed by atoms with Gasteiger partial charge in [-0.15, -0.1) is 0 Å². The van der Waals surface area contributed by atoms with Crippen molar-refractivity contribution < 1.29 is 4.79 Å². The molecule has 2 amide bonds. The van der Waals surface area contributed by atoms with E-state index >= 15 is 0 Å². The Morgan fingerprint density at radius 3 is 2.24 bits per heavy atom. The molecule has 34 heavy (non-hydrogen) atoms. The molecule has 2 aliphatic carbocycles. The van der Waals surface area contributed by atoms with Gasteiger partial charge in [0.2, 0.25) is 5.82 Å². The Hall–Kier alpha value is -3.49. The van der Waals surface area contributed by atoms with Crippen LogP contribution in [0, 0.1) is 28.1 Å². The van der Waals surface area contributed by atoms with Crippen molar-refractivity contribution in [2.24, 2.45) is 5.41 Å². The van der Waals surface area contributed by atoms with Crippen molar-refractivity contribution in [3.05, 3.63) is 54.1 Å². The van der Waals surface area contributed by atoms with Gasteiger partial charge in [0, 0.05) is 12.1 Å².